The molecule has 0 bridgehead atoms. The van der Waals surface area contributed by atoms with Gasteiger partial charge in [0.05, 0.1) is 0 Å². The Bertz CT molecular complexity index is 385. The lowest BCUT2D eigenvalue weighted by Crippen LogP contribution is -2.37. The number of rotatable bonds is 8. The molecular formula is C17H27NO3. The second kappa shape index (κ2) is 9.03. The van der Waals surface area contributed by atoms with E-state index in [2.05, 4.69) is 5.32 Å². The summed E-state index contributed by atoms with van der Waals surface area (Å²) in [6.45, 7) is 1.98. The maximum atomic E-state index is 9.93. The van der Waals surface area contributed by atoms with Gasteiger partial charge in [0.1, 0.15) is 18.5 Å². The van der Waals surface area contributed by atoms with Gasteiger partial charge in [-0.2, -0.15) is 0 Å². The van der Waals surface area contributed by atoms with Crippen LogP contribution in [-0.2, 0) is 0 Å². The van der Waals surface area contributed by atoms with Gasteiger partial charge >= 0.3 is 0 Å². The second-order valence-electron chi connectivity index (χ2n) is 5.92. The van der Waals surface area contributed by atoms with Gasteiger partial charge in [0.15, 0.2) is 0 Å². The molecule has 0 radical (unpaired) electrons. The Labute approximate surface area is 127 Å². The van der Waals surface area contributed by atoms with Crippen molar-refractivity contribution < 1.29 is 14.9 Å². The smallest absolute Gasteiger partial charge is 0.119 e. The van der Waals surface area contributed by atoms with Crippen LogP contribution in [0, 0.1) is 11.8 Å². The summed E-state index contributed by atoms with van der Waals surface area (Å²) in [4.78, 5) is 0. The molecule has 4 heteroatoms. The van der Waals surface area contributed by atoms with Gasteiger partial charge in [-0.3, -0.25) is 0 Å². The number of aliphatic hydroxyl groups excluding tert-OH is 2. The molecule has 118 valence electrons. The van der Waals surface area contributed by atoms with Crippen molar-refractivity contribution in [3.8, 4) is 5.75 Å². The van der Waals surface area contributed by atoms with Gasteiger partial charge in [-0.05, 0) is 43.4 Å². The highest BCUT2D eigenvalue weighted by atomic mass is 16.5. The number of para-hydroxylation sites is 1. The summed E-state index contributed by atoms with van der Waals surface area (Å²) in [6, 6.07) is 9.53. The van der Waals surface area contributed by atoms with E-state index in [-0.39, 0.29) is 6.61 Å². The Hall–Kier alpha value is -1.10. The van der Waals surface area contributed by atoms with Crippen molar-refractivity contribution in [2.24, 2.45) is 11.8 Å². The molecule has 1 aromatic carbocycles. The van der Waals surface area contributed by atoms with Crippen molar-refractivity contribution in [1.29, 1.82) is 0 Å². The number of aliphatic hydroxyl groups is 2. The lowest BCUT2D eigenvalue weighted by atomic mass is 9.79. The highest BCUT2D eigenvalue weighted by Crippen LogP contribution is 2.28. The molecule has 0 amide bonds. The normalized spacial score (nSPS) is 23.7. The molecule has 1 aliphatic carbocycles. The van der Waals surface area contributed by atoms with E-state index in [4.69, 9.17) is 4.74 Å². The predicted octanol–water partition coefficient (Wildman–Crippen LogP) is 1.81. The van der Waals surface area contributed by atoms with Crippen molar-refractivity contribution in [3.63, 3.8) is 0 Å². The molecule has 1 fully saturated rings. The van der Waals surface area contributed by atoms with Crippen LogP contribution in [0.1, 0.15) is 25.7 Å². The molecule has 1 saturated carbocycles. The van der Waals surface area contributed by atoms with Crippen molar-refractivity contribution in [2.75, 3.05) is 26.3 Å². The zero-order valence-electron chi connectivity index (χ0n) is 12.6. The Morgan fingerprint density at radius 3 is 2.57 bits per heavy atom. The second-order valence-corrected chi connectivity index (χ2v) is 5.92. The maximum absolute atomic E-state index is 9.93. The van der Waals surface area contributed by atoms with E-state index in [1.807, 2.05) is 30.3 Å². The van der Waals surface area contributed by atoms with Crippen molar-refractivity contribution in [2.45, 2.75) is 31.8 Å². The summed E-state index contributed by atoms with van der Waals surface area (Å²) in [6.07, 6.45) is 4.27. The zero-order chi connectivity index (χ0) is 14.9. The Morgan fingerprint density at radius 1 is 1.14 bits per heavy atom. The van der Waals surface area contributed by atoms with Gasteiger partial charge in [-0.1, -0.05) is 31.0 Å². The first-order valence-corrected chi connectivity index (χ1v) is 7.97. The topological polar surface area (TPSA) is 61.7 Å². The molecule has 0 spiro atoms. The molecule has 3 atom stereocenters. The summed E-state index contributed by atoms with van der Waals surface area (Å²) in [5.74, 6) is 1.74. The molecule has 4 nitrogen and oxygen atoms in total. The first-order chi connectivity index (χ1) is 10.3. The van der Waals surface area contributed by atoms with E-state index in [1.54, 1.807) is 0 Å². The van der Waals surface area contributed by atoms with Gasteiger partial charge < -0.3 is 20.3 Å². The van der Waals surface area contributed by atoms with Gasteiger partial charge in [0.2, 0.25) is 0 Å². The fourth-order valence-corrected chi connectivity index (χ4v) is 3.00. The molecule has 2 rings (SSSR count). The highest BCUT2D eigenvalue weighted by molar-refractivity contribution is 5.20. The summed E-state index contributed by atoms with van der Waals surface area (Å²) in [5, 5.41) is 22.6. The van der Waals surface area contributed by atoms with Crippen LogP contribution in [0.4, 0.5) is 0 Å². The average molecular weight is 293 g/mol. The van der Waals surface area contributed by atoms with E-state index in [0.717, 1.165) is 18.7 Å². The molecule has 3 N–H and O–H groups in total. The van der Waals surface area contributed by atoms with Gasteiger partial charge in [-0.25, -0.2) is 0 Å². The van der Waals surface area contributed by atoms with Gasteiger partial charge in [0, 0.05) is 13.2 Å². The van der Waals surface area contributed by atoms with E-state index < -0.39 is 6.10 Å². The van der Waals surface area contributed by atoms with Crippen LogP contribution in [0.3, 0.4) is 0 Å². The first-order valence-electron chi connectivity index (χ1n) is 7.97. The first kappa shape index (κ1) is 16.3. The molecule has 0 saturated heterocycles. The van der Waals surface area contributed by atoms with Crippen molar-refractivity contribution in [1.82, 2.24) is 5.32 Å². The fourth-order valence-electron chi connectivity index (χ4n) is 3.00. The summed E-state index contributed by atoms with van der Waals surface area (Å²) in [7, 11) is 0. The minimum absolute atomic E-state index is 0.284. The lowest BCUT2D eigenvalue weighted by molar-refractivity contribution is 0.0976. The summed E-state index contributed by atoms with van der Waals surface area (Å²) < 4.78 is 5.52. The number of hydrogen-bond acceptors (Lipinski definition) is 4. The van der Waals surface area contributed by atoms with Crippen LogP contribution >= 0.6 is 0 Å². The molecular weight excluding hydrogens is 266 g/mol. The third-order valence-corrected chi connectivity index (χ3v) is 4.27. The number of nitrogens with one attached hydrogen (secondary N) is 1. The molecule has 0 heterocycles. The van der Waals surface area contributed by atoms with E-state index in [1.165, 1.54) is 19.3 Å². The predicted molar refractivity (Wildman–Crippen MR) is 83.3 cm³/mol. The van der Waals surface area contributed by atoms with Crippen molar-refractivity contribution in [3.05, 3.63) is 30.3 Å². The Kier molecular flexibility index (Phi) is 7.00. The third-order valence-electron chi connectivity index (χ3n) is 4.27. The number of benzene rings is 1. The van der Waals surface area contributed by atoms with Crippen LogP contribution < -0.4 is 10.1 Å². The number of hydrogen-bond donors (Lipinski definition) is 3. The van der Waals surface area contributed by atoms with E-state index in [0.29, 0.717) is 25.0 Å². The molecule has 0 aliphatic heterocycles. The highest BCUT2D eigenvalue weighted by Gasteiger charge is 2.24. The largest absolute Gasteiger partial charge is 0.491 e. The molecule has 0 aromatic heterocycles. The van der Waals surface area contributed by atoms with Crippen LogP contribution in [-0.4, -0.2) is 42.6 Å². The minimum Gasteiger partial charge on any atom is -0.491 e. The fraction of sp³-hybridized carbons (Fsp3) is 0.647. The van der Waals surface area contributed by atoms with E-state index >= 15 is 0 Å². The molecule has 3 unspecified atom stereocenters. The molecule has 1 aromatic rings. The zero-order valence-corrected chi connectivity index (χ0v) is 12.6. The van der Waals surface area contributed by atoms with Gasteiger partial charge in [0.25, 0.3) is 0 Å². The SMILES string of the molecule is OCC1CCCCC1CNCC(O)COc1ccccc1. The van der Waals surface area contributed by atoms with Crippen LogP contribution in [0.25, 0.3) is 0 Å². The van der Waals surface area contributed by atoms with Crippen molar-refractivity contribution >= 4 is 0 Å². The van der Waals surface area contributed by atoms with E-state index in [9.17, 15) is 10.2 Å². The average Bonchev–Trinajstić information content (AvgIpc) is 2.54. The van der Waals surface area contributed by atoms with Crippen LogP contribution in [0.5, 0.6) is 5.75 Å². The summed E-state index contributed by atoms with van der Waals surface area (Å²) >= 11 is 0. The van der Waals surface area contributed by atoms with Crippen LogP contribution in [0.15, 0.2) is 30.3 Å². The third kappa shape index (κ3) is 5.65. The minimum atomic E-state index is -0.513. The lowest BCUT2D eigenvalue weighted by Gasteiger charge is -2.30. The monoisotopic (exact) mass is 293 g/mol. The molecule has 1 aliphatic rings. The number of ether oxygens (including phenoxy) is 1. The van der Waals surface area contributed by atoms with Crippen LogP contribution in [0.2, 0.25) is 0 Å². The Morgan fingerprint density at radius 2 is 1.86 bits per heavy atom. The Balaban J connectivity index is 1.61. The summed E-state index contributed by atoms with van der Waals surface area (Å²) in [5.41, 5.74) is 0. The standard InChI is InChI=1S/C17H27NO3/c19-12-15-7-5-4-6-14(15)10-18-11-16(20)13-21-17-8-2-1-3-9-17/h1-3,8-9,14-16,18-20H,4-7,10-13H2. The van der Waals surface area contributed by atoms with Gasteiger partial charge in [-0.15, -0.1) is 0 Å². The quantitative estimate of drug-likeness (QED) is 0.684. The maximum Gasteiger partial charge on any atom is 0.119 e. The molecule has 21 heavy (non-hydrogen) atoms.